The van der Waals surface area contributed by atoms with Crippen LogP contribution in [-0.4, -0.2) is 26.4 Å². The number of nitrogens with two attached hydrogens (primary N) is 1. The van der Waals surface area contributed by atoms with E-state index in [-0.39, 0.29) is 6.10 Å². The maximum Gasteiger partial charge on any atom is 0.179 e. The summed E-state index contributed by atoms with van der Waals surface area (Å²) in [5.74, 6) is 1.70. The number of halogens is 1. The molecular weight excluding hydrogens is 278 g/mol. The van der Waals surface area contributed by atoms with Gasteiger partial charge in [-0.1, -0.05) is 11.6 Å². The van der Waals surface area contributed by atoms with Crippen molar-refractivity contribution in [2.24, 2.45) is 11.7 Å². The Bertz CT molecular complexity index is 480. The highest BCUT2D eigenvalue weighted by atomic mass is 35.5. The summed E-state index contributed by atoms with van der Waals surface area (Å²) in [6, 6.07) is 3.92. The van der Waals surface area contributed by atoms with Gasteiger partial charge in [0.1, 0.15) is 0 Å². The quantitative estimate of drug-likeness (QED) is 0.912. The van der Waals surface area contributed by atoms with E-state index in [0.717, 1.165) is 37.2 Å². The molecule has 0 aromatic heterocycles. The Morgan fingerprint density at radius 2 is 2.00 bits per heavy atom. The van der Waals surface area contributed by atoms with Crippen molar-refractivity contribution < 1.29 is 14.2 Å². The second kappa shape index (κ2) is 6.20. The molecule has 2 N–H and O–H groups in total. The molecule has 1 aromatic carbocycles. The van der Waals surface area contributed by atoms with Crippen LogP contribution in [0.2, 0.25) is 5.02 Å². The summed E-state index contributed by atoms with van der Waals surface area (Å²) in [4.78, 5) is 0. The first-order valence-corrected chi connectivity index (χ1v) is 7.58. The smallest absolute Gasteiger partial charge is 0.179 e. The Labute approximate surface area is 124 Å². The average Bonchev–Trinajstić information content (AvgIpc) is 2.73. The van der Waals surface area contributed by atoms with Crippen molar-refractivity contribution in [3.05, 3.63) is 22.7 Å². The lowest BCUT2D eigenvalue weighted by atomic mass is 9.89. The molecule has 2 aliphatic heterocycles. The average molecular weight is 298 g/mol. The predicted molar refractivity (Wildman–Crippen MR) is 77.5 cm³/mol. The number of rotatable bonds is 2. The van der Waals surface area contributed by atoms with Gasteiger partial charge in [0, 0.05) is 18.9 Å². The van der Waals surface area contributed by atoms with E-state index >= 15 is 0 Å². The Morgan fingerprint density at radius 1 is 1.15 bits per heavy atom. The summed E-state index contributed by atoms with van der Waals surface area (Å²) in [6.07, 6.45) is 3.03. The first-order chi connectivity index (χ1) is 9.79. The number of hydrogen-bond donors (Lipinski definition) is 1. The van der Waals surface area contributed by atoms with E-state index in [1.54, 1.807) is 0 Å². The SMILES string of the molecule is NCC1CCCOC1c1cc(Cl)c2c(c1)OCCCO2. The van der Waals surface area contributed by atoms with Crippen molar-refractivity contribution in [3.8, 4) is 11.5 Å². The summed E-state index contributed by atoms with van der Waals surface area (Å²) in [7, 11) is 0. The topological polar surface area (TPSA) is 53.7 Å². The highest BCUT2D eigenvalue weighted by molar-refractivity contribution is 6.32. The fourth-order valence-corrected chi connectivity index (χ4v) is 3.14. The molecule has 4 nitrogen and oxygen atoms in total. The summed E-state index contributed by atoms with van der Waals surface area (Å²) in [6.45, 7) is 2.68. The van der Waals surface area contributed by atoms with Gasteiger partial charge in [0.05, 0.1) is 24.3 Å². The van der Waals surface area contributed by atoms with Crippen molar-refractivity contribution in [2.45, 2.75) is 25.4 Å². The predicted octanol–water partition coefficient (Wildman–Crippen LogP) is 2.93. The summed E-state index contributed by atoms with van der Waals surface area (Å²) in [5.41, 5.74) is 6.90. The van der Waals surface area contributed by atoms with Gasteiger partial charge < -0.3 is 19.9 Å². The first kappa shape index (κ1) is 14.0. The summed E-state index contributed by atoms with van der Waals surface area (Å²) in [5, 5.41) is 0.587. The second-order valence-corrected chi connectivity index (χ2v) is 5.72. The number of hydrogen-bond acceptors (Lipinski definition) is 4. The molecule has 0 radical (unpaired) electrons. The van der Waals surface area contributed by atoms with Gasteiger partial charge in [0.2, 0.25) is 0 Å². The molecule has 2 unspecified atom stereocenters. The molecule has 2 aliphatic rings. The van der Waals surface area contributed by atoms with E-state index in [0.29, 0.717) is 36.4 Å². The molecule has 0 amide bonds. The van der Waals surface area contributed by atoms with Crippen molar-refractivity contribution in [1.82, 2.24) is 0 Å². The van der Waals surface area contributed by atoms with Gasteiger partial charge in [0.15, 0.2) is 11.5 Å². The lowest BCUT2D eigenvalue weighted by Crippen LogP contribution is -2.28. The Balaban J connectivity index is 1.93. The monoisotopic (exact) mass is 297 g/mol. The van der Waals surface area contributed by atoms with Crippen LogP contribution in [0.25, 0.3) is 0 Å². The van der Waals surface area contributed by atoms with Gasteiger partial charge in [-0.3, -0.25) is 0 Å². The molecule has 5 heteroatoms. The van der Waals surface area contributed by atoms with Crippen molar-refractivity contribution in [2.75, 3.05) is 26.4 Å². The van der Waals surface area contributed by atoms with Gasteiger partial charge >= 0.3 is 0 Å². The minimum absolute atomic E-state index is 0.00315. The number of fused-ring (bicyclic) bond motifs is 1. The molecule has 2 atom stereocenters. The van der Waals surface area contributed by atoms with Crippen LogP contribution in [0.4, 0.5) is 0 Å². The zero-order chi connectivity index (χ0) is 13.9. The first-order valence-electron chi connectivity index (χ1n) is 7.20. The Hall–Kier alpha value is -0.970. The maximum atomic E-state index is 6.34. The largest absolute Gasteiger partial charge is 0.489 e. The molecule has 1 fully saturated rings. The molecule has 0 aliphatic carbocycles. The zero-order valence-electron chi connectivity index (χ0n) is 11.4. The molecule has 1 saturated heterocycles. The van der Waals surface area contributed by atoms with Crippen LogP contribution in [0.15, 0.2) is 12.1 Å². The van der Waals surface area contributed by atoms with E-state index in [9.17, 15) is 0 Å². The molecule has 0 spiro atoms. The van der Waals surface area contributed by atoms with E-state index in [1.807, 2.05) is 12.1 Å². The van der Waals surface area contributed by atoms with Crippen molar-refractivity contribution in [1.29, 1.82) is 0 Å². The van der Waals surface area contributed by atoms with Crippen LogP contribution in [0.3, 0.4) is 0 Å². The number of ether oxygens (including phenoxy) is 3. The summed E-state index contributed by atoms with van der Waals surface area (Å²) < 4.78 is 17.3. The minimum atomic E-state index is 0.00315. The number of benzene rings is 1. The van der Waals surface area contributed by atoms with Gasteiger partial charge in [-0.05, 0) is 37.1 Å². The van der Waals surface area contributed by atoms with Crippen LogP contribution in [0.1, 0.15) is 30.9 Å². The van der Waals surface area contributed by atoms with Crippen LogP contribution < -0.4 is 15.2 Å². The standard InChI is InChI=1S/C15H20ClNO3/c16-12-7-11(14-10(9-17)3-1-4-19-14)8-13-15(12)20-6-2-5-18-13/h7-8,10,14H,1-6,9,17H2. The molecule has 20 heavy (non-hydrogen) atoms. The highest BCUT2D eigenvalue weighted by Gasteiger charge is 2.28. The van der Waals surface area contributed by atoms with Crippen LogP contribution in [-0.2, 0) is 4.74 Å². The van der Waals surface area contributed by atoms with Crippen molar-refractivity contribution in [3.63, 3.8) is 0 Å². The molecule has 0 saturated carbocycles. The van der Waals surface area contributed by atoms with E-state index in [2.05, 4.69) is 0 Å². The minimum Gasteiger partial charge on any atom is -0.489 e. The van der Waals surface area contributed by atoms with Gasteiger partial charge in [-0.2, -0.15) is 0 Å². The third-order valence-electron chi connectivity index (χ3n) is 3.90. The second-order valence-electron chi connectivity index (χ2n) is 5.31. The van der Waals surface area contributed by atoms with E-state index < -0.39 is 0 Å². The molecule has 3 rings (SSSR count). The third kappa shape index (κ3) is 2.73. The molecular formula is C15H20ClNO3. The molecule has 110 valence electrons. The van der Waals surface area contributed by atoms with E-state index in [1.165, 1.54) is 0 Å². The lowest BCUT2D eigenvalue weighted by Gasteiger charge is -2.31. The van der Waals surface area contributed by atoms with E-state index in [4.69, 9.17) is 31.5 Å². The summed E-state index contributed by atoms with van der Waals surface area (Å²) >= 11 is 6.34. The Kier molecular flexibility index (Phi) is 4.34. The fraction of sp³-hybridized carbons (Fsp3) is 0.600. The van der Waals surface area contributed by atoms with Crippen molar-refractivity contribution >= 4 is 11.6 Å². The van der Waals surface area contributed by atoms with Crippen LogP contribution in [0.5, 0.6) is 11.5 Å². The maximum absolute atomic E-state index is 6.34. The fourth-order valence-electron chi connectivity index (χ4n) is 2.87. The van der Waals surface area contributed by atoms with Crippen LogP contribution >= 0.6 is 11.6 Å². The molecule has 1 aromatic rings. The van der Waals surface area contributed by atoms with Gasteiger partial charge in [0.25, 0.3) is 0 Å². The van der Waals surface area contributed by atoms with Gasteiger partial charge in [-0.25, -0.2) is 0 Å². The zero-order valence-corrected chi connectivity index (χ0v) is 12.2. The normalized spacial score (nSPS) is 26.1. The molecule has 0 bridgehead atoms. The third-order valence-corrected chi connectivity index (χ3v) is 4.18. The van der Waals surface area contributed by atoms with Gasteiger partial charge in [-0.15, -0.1) is 0 Å². The molecule has 2 heterocycles. The Morgan fingerprint density at radius 3 is 2.85 bits per heavy atom. The van der Waals surface area contributed by atoms with Crippen LogP contribution in [0, 0.1) is 5.92 Å². The highest BCUT2D eigenvalue weighted by Crippen LogP contribution is 2.42. The lowest BCUT2D eigenvalue weighted by molar-refractivity contribution is -0.0252.